The molecule has 0 saturated carbocycles. The Balaban J connectivity index is 1.67. The first-order valence-electron chi connectivity index (χ1n) is 11.4. The van der Waals surface area contributed by atoms with Gasteiger partial charge in [-0.15, -0.1) is 0 Å². The average molecular weight is 505 g/mol. The van der Waals surface area contributed by atoms with Gasteiger partial charge in [0.2, 0.25) is 0 Å². The molecule has 5 rings (SSSR count). The SMILES string of the molecule is CCOCCn1c(=NC(=O)c2cc3c(ccc4ccccc43)oc2=O)sc2cc(OC)c(OC)cc21. The summed E-state index contributed by atoms with van der Waals surface area (Å²) in [7, 11) is 3.13. The zero-order valence-corrected chi connectivity index (χ0v) is 20.9. The summed E-state index contributed by atoms with van der Waals surface area (Å²) in [6.07, 6.45) is 0. The fourth-order valence-electron chi connectivity index (χ4n) is 4.17. The van der Waals surface area contributed by atoms with Gasteiger partial charge in [0, 0.05) is 30.7 Å². The molecule has 9 heteroatoms. The lowest BCUT2D eigenvalue weighted by Gasteiger charge is -2.09. The highest BCUT2D eigenvalue weighted by atomic mass is 32.1. The monoisotopic (exact) mass is 504 g/mol. The fraction of sp³-hybridized carbons (Fsp3) is 0.222. The molecule has 8 nitrogen and oxygen atoms in total. The normalized spacial score (nSPS) is 12.0. The third-order valence-corrected chi connectivity index (χ3v) is 6.96. The van der Waals surface area contributed by atoms with E-state index in [0.717, 1.165) is 21.0 Å². The zero-order chi connectivity index (χ0) is 25.2. The highest BCUT2D eigenvalue weighted by Crippen LogP contribution is 2.33. The van der Waals surface area contributed by atoms with Crippen LogP contribution in [-0.4, -0.2) is 37.9 Å². The maximum Gasteiger partial charge on any atom is 0.349 e. The van der Waals surface area contributed by atoms with Crippen molar-refractivity contribution in [1.29, 1.82) is 0 Å². The predicted molar refractivity (Wildman–Crippen MR) is 139 cm³/mol. The molecule has 0 aliphatic rings. The second kappa shape index (κ2) is 9.96. The molecule has 0 aliphatic heterocycles. The van der Waals surface area contributed by atoms with Gasteiger partial charge in [-0.2, -0.15) is 4.99 Å². The second-order valence-electron chi connectivity index (χ2n) is 7.97. The lowest BCUT2D eigenvalue weighted by Crippen LogP contribution is -2.21. The van der Waals surface area contributed by atoms with E-state index in [9.17, 15) is 9.59 Å². The van der Waals surface area contributed by atoms with Crippen molar-refractivity contribution < 1.29 is 23.4 Å². The summed E-state index contributed by atoms with van der Waals surface area (Å²) < 4.78 is 24.7. The first-order valence-corrected chi connectivity index (χ1v) is 12.2. The van der Waals surface area contributed by atoms with Crippen molar-refractivity contribution in [3.05, 3.63) is 75.4 Å². The van der Waals surface area contributed by atoms with Gasteiger partial charge in [-0.3, -0.25) is 4.79 Å². The Bertz CT molecular complexity index is 1730. The van der Waals surface area contributed by atoms with Gasteiger partial charge in [0.05, 0.1) is 31.0 Å². The summed E-state index contributed by atoms with van der Waals surface area (Å²) in [5.41, 5.74) is 0.392. The quantitative estimate of drug-likeness (QED) is 0.180. The van der Waals surface area contributed by atoms with Crippen LogP contribution >= 0.6 is 11.3 Å². The molecule has 2 aromatic heterocycles. The van der Waals surface area contributed by atoms with Crippen LogP contribution in [0.4, 0.5) is 0 Å². The first kappa shape index (κ1) is 23.8. The number of rotatable bonds is 7. The standard InChI is InChI=1S/C27H24N2O6S/c1-4-34-12-11-29-20-14-22(32-2)23(33-3)15-24(20)36-27(29)28-25(30)19-13-18-17-8-6-5-7-16(17)9-10-21(18)35-26(19)31/h5-10,13-15H,4,11-12H2,1-3H3. The highest BCUT2D eigenvalue weighted by Gasteiger charge is 2.17. The Kier molecular flexibility index (Phi) is 6.58. The van der Waals surface area contributed by atoms with Crippen LogP contribution in [0.15, 0.2) is 68.8 Å². The number of aromatic nitrogens is 1. The Morgan fingerprint density at radius 1 is 1.03 bits per heavy atom. The van der Waals surface area contributed by atoms with E-state index in [1.165, 1.54) is 11.3 Å². The molecule has 1 amide bonds. The summed E-state index contributed by atoms with van der Waals surface area (Å²) in [6.45, 7) is 3.38. The third kappa shape index (κ3) is 4.27. The number of hydrogen-bond acceptors (Lipinski definition) is 7. The minimum Gasteiger partial charge on any atom is -0.493 e. The van der Waals surface area contributed by atoms with Crippen molar-refractivity contribution in [2.24, 2.45) is 4.99 Å². The molecule has 0 atom stereocenters. The van der Waals surface area contributed by atoms with Gasteiger partial charge in [-0.25, -0.2) is 4.79 Å². The lowest BCUT2D eigenvalue weighted by molar-refractivity contribution is 0.0993. The van der Waals surface area contributed by atoms with Crippen LogP contribution in [0.3, 0.4) is 0 Å². The van der Waals surface area contributed by atoms with Crippen LogP contribution in [0.1, 0.15) is 17.3 Å². The molecular weight excluding hydrogens is 480 g/mol. The molecule has 0 unspecified atom stereocenters. The molecule has 3 aromatic carbocycles. The van der Waals surface area contributed by atoms with Crippen LogP contribution in [0.2, 0.25) is 0 Å². The smallest absolute Gasteiger partial charge is 0.349 e. The maximum absolute atomic E-state index is 13.3. The minimum absolute atomic E-state index is 0.122. The fourth-order valence-corrected chi connectivity index (χ4v) is 5.23. The summed E-state index contributed by atoms with van der Waals surface area (Å²) in [5.74, 6) is 0.463. The van der Waals surface area contributed by atoms with Crippen LogP contribution in [0.5, 0.6) is 11.5 Å². The molecule has 0 spiro atoms. The first-order chi connectivity index (χ1) is 17.5. The average Bonchev–Trinajstić information content (AvgIpc) is 3.22. The Morgan fingerprint density at radius 2 is 1.81 bits per heavy atom. The predicted octanol–water partition coefficient (Wildman–Crippen LogP) is 4.76. The van der Waals surface area contributed by atoms with Gasteiger partial charge < -0.3 is 23.2 Å². The molecule has 0 bridgehead atoms. The number of ether oxygens (including phenoxy) is 3. The number of hydrogen-bond donors (Lipinski definition) is 0. The molecule has 184 valence electrons. The topological polar surface area (TPSA) is 92.3 Å². The van der Waals surface area contributed by atoms with Gasteiger partial charge in [0.1, 0.15) is 11.1 Å². The van der Waals surface area contributed by atoms with E-state index in [1.807, 2.05) is 54.0 Å². The van der Waals surface area contributed by atoms with Crippen molar-refractivity contribution in [3.8, 4) is 11.5 Å². The van der Waals surface area contributed by atoms with E-state index < -0.39 is 11.5 Å². The molecule has 0 aliphatic carbocycles. The van der Waals surface area contributed by atoms with E-state index in [4.69, 9.17) is 18.6 Å². The van der Waals surface area contributed by atoms with Gasteiger partial charge in [0.25, 0.3) is 5.91 Å². The highest BCUT2D eigenvalue weighted by molar-refractivity contribution is 7.16. The molecule has 2 heterocycles. The molecule has 0 N–H and O–H groups in total. The number of nitrogens with zero attached hydrogens (tertiary/aromatic N) is 2. The molecule has 5 aromatic rings. The van der Waals surface area contributed by atoms with Crippen molar-refractivity contribution in [2.75, 3.05) is 27.4 Å². The van der Waals surface area contributed by atoms with Crippen LogP contribution < -0.4 is 19.9 Å². The Hall–Kier alpha value is -3.95. The second-order valence-corrected chi connectivity index (χ2v) is 8.98. The summed E-state index contributed by atoms with van der Waals surface area (Å²) in [5, 5.41) is 2.55. The van der Waals surface area contributed by atoms with E-state index >= 15 is 0 Å². The van der Waals surface area contributed by atoms with Crippen molar-refractivity contribution in [1.82, 2.24) is 4.57 Å². The van der Waals surface area contributed by atoms with Crippen LogP contribution in [0, 0.1) is 0 Å². The summed E-state index contributed by atoms with van der Waals surface area (Å²) in [4.78, 5) is 30.8. The van der Waals surface area contributed by atoms with E-state index in [-0.39, 0.29) is 5.56 Å². The number of methoxy groups -OCH3 is 2. The summed E-state index contributed by atoms with van der Waals surface area (Å²) >= 11 is 1.32. The van der Waals surface area contributed by atoms with Crippen LogP contribution in [-0.2, 0) is 11.3 Å². The largest absolute Gasteiger partial charge is 0.493 e. The molecular formula is C27H24N2O6S. The summed E-state index contributed by atoms with van der Waals surface area (Å²) in [6, 6.07) is 16.6. The van der Waals surface area contributed by atoms with Crippen LogP contribution in [0.25, 0.3) is 32.0 Å². The molecule has 0 radical (unpaired) electrons. The molecule has 0 saturated heterocycles. The number of carbonyl (C=O) groups is 1. The van der Waals surface area contributed by atoms with E-state index in [2.05, 4.69) is 4.99 Å². The number of fused-ring (bicyclic) bond motifs is 4. The molecule has 36 heavy (non-hydrogen) atoms. The van der Waals surface area contributed by atoms with Gasteiger partial charge >= 0.3 is 5.63 Å². The van der Waals surface area contributed by atoms with E-state index in [0.29, 0.717) is 47.0 Å². The number of amides is 1. The lowest BCUT2D eigenvalue weighted by atomic mass is 10.0. The van der Waals surface area contributed by atoms with Gasteiger partial charge in [0.15, 0.2) is 16.3 Å². The number of benzene rings is 3. The van der Waals surface area contributed by atoms with Crippen molar-refractivity contribution in [3.63, 3.8) is 0 Å². The zero-order valence-electron chi connectivity index (χ0n) is 20.1. The Labute approximate surface area is 210 Å². The number of carbonyl (C=O) groups excluding carboxylic acids is 1. The number of thiazole rings is 1. The maximum atomic E-state index is 13.3. The third-order valence-electron chi connectivity index (χ3n) is 5.92. The van der Waals surface area contributed by atoms with Crippen molar-refractivity contribution >= 4 is 49.2 Å². The van der Waals surface area contributed by atoms with Gasteiger partial charge in [-0.05, 0) is 29.8 Å². The minimum atomic E-state index is -0.725. The van der Waals surface area contributed by atoms with Crippen molar-refractivity contribution in [2.45, 2.75) is 13.5 Å². The van der Waals surface area contributed by atoms with Gasteiger partial charge in [-0.1, -0.05) is 41.7 Å². The Morgan fingerprint density at radius 3 is 2.58 bits per heavy atom. The molecule has 0 fully saturated rings. The van der Waals surface area contributed by atoms with E-state index in [1.54, 1.807) is 26.4 Å².